The quantitative estimate of drug-likeness (QED) is 0.813. The number of anilines is 1. The van der Waals surface area contributed by atoms with Crippen LogP contribution in [0.4, 0.5) is 5.13 Å². The van der Waals surface area contributed by atoms with Crippen molar-refractivity contribution in [3.8, 4) is 0 Å². The zero-order valence-electron chi connectivity index (χ0n) is 12.8. The van der Waals surface area contributed by atoms with Crippen molar-refractivity contribution in [2.45, 2.75) is 39.0 Å². The van der Waals surface area contributed by atoms with E-state index in [1.54, 1.807) is 18.4 Å². The van der Waals surface area contributed by atoms with Crippen molar-refractivity contribution in [2.24, 2.45) is 0 Å². The summed E-state index contributed by atoms with van der Waals surface area (Å²) in [7, 11) is 1.71. The highest BCUT2D eigenvalue weighted by atomic mass is 32.1. The summed E-state index contributed by atoms with van der Waals surface area (Å²) in [6.45, 7) is 10.6. The van der Waals surface area contributed by atoms with E-state index < -0.39 is 0 Å². The fourth-order valence-electron chi connectivity index (χ4n) is 2.51. The van der Waals surface area contributed by atoms with E-state index in [0.29, 0.717) is 0 Å². The Morgan fingerprint density at radius 2 is 2.40 bits per heavy atom. The minimum absolute atomic E-state index is 0.111. The molecule has 1 aliphatic rings. The summed E-state index contributed by atoms with van der Waals surface area (Å²) < 4.78 is 10.9. The van der Waals surface area contributed by atoms with Crippen molar-refractivity contribution in [2.75, 3.05) is 38.3 Å². The van der Waals surface area contributed by atoms with Gasteiger partial charge in [-0.2, -0.15) is 0 Å². The van der Waals surface area contributed by atoms with E-state index in [-0.39, 0.29) is 11.7 Å². The van der Waals surface area contributed by atoms with Crippen molar-refractivity contribution in [1.82, 2.24) is 10.3 Å². The average molecular weight is 299 g/mol. The van der Waals surface area contributed by atoms with Crippen LogP contribution in [0.15, 0.2) is 5.38 Å². The first-order valence-corrected chi connectivity index (χ1v) is 7.95. The van der Waals surface area contributed by atoms with E-state index in [9.17, 15) is 0 Å². The van der Waals surface area contributed by atoms with Crippen molar-refractivity contribution in [3.05, 3.63) is 11.1 Å². The number of methoxy groups -OCH3 is 1. The van der Waals surface area contributed by atoms with Crippen molar-refractivity contribution >= 4 is 16.5 Å². The molecule has 1 aromatic heterocycles. The first kappa shape index (κ1) is 15.7. The Labute approximate surface area is 125 Å². The highest BCUT2D eigenvalue weighted by molar-refractivity contribution is 7.13. The zero-order valence-corrected chi connectivity index (χ0v) is 13.6. The summed E-state index contributed by atoms with van der Waals surface area (Å²) in [5.41, 5.74) is 0.985. The second-order valence-corrected chi connectivity index (χ2v) is 6.70. The number of rotatable bonds is 6. The molecule has 0 spiro atoms. The van der Waals surface area contributed by atoms with Gasteiger partial charge in [0.2, 0.25) is 0 Å². The van der Waals surface area contributed by atoms with Crippen molar-refractivity contribution in [1.29, 1.82) is 0 Å². The molecule has 2 heterocycles. The molecule has 0 aliphatic carbocycles. The number of ether oxygens (including phenoxy) is 2. The van der Waals surface area contributed by atoms with Gasteiger partial charge in [0.05, 0.1) is 24.0 Å². The van der Waals surface area contributed by atoms with E-state index in [4.69, 9.17) is 14.5 Å². The Morgan fingerprint density at radius 1 is 1.60 bits per heavy atom. The topological polar surface area (TPSA) is 46.6 Å². The van der Waals surface area contributed by atoms with Crippen LogP contribution in [0, 0.1) is 0 Å². The van der Waals surface area contributed by atoms with Gasteiger partial charge in [0.25, 0.3) is 0 Å². The number of hydrogen-bond acceptors (Lipinski definition) is 6. The van der Waals surface area contributed by atoms with E-state index in [0.717, 1.165) is 43.6 Å². The third-order valence-electron chi connectivity index (χ3n) is 3.17. The average Bonchev–Trinajstić information content (AvgIpc) is 2.81. The third kappa shape index (κ3) is 4.41. The second kappa shape index (κ2) is 6.85. The number of aromatic nitrogens is 1. The number of nitrogens with one attached hydrogen (secondary N) is 1. The van der Waals surface area contributed by atoms with Crippen molar-refractivity contribution < 1.29 is 9.47 Å². The van der Waals surface area contributed by atoms with Gasteiger partial charge in [-0.1, -0.05) is 0 Å². The molecule has 1 aromatic rings. The molecular formula is C14H25N3O2S. The minimum atomic E-state index is -0.111. The molecule has 0 aromatic carbocycles. The minimum Gasteiger partial charge on any atom is -0.383 e. The molecule has 20 heavy (non-hydrogen) atoms. The van der Waals surface area contributed by atoms with Crippen LogP contribution in [0.5, 0.6) is 0 Å². The Hall–Kier alpha value is -0.690. The van der Waals surface area contributed by atoms with Crippen LogP contribution in [-0.2, 0) is 16.0 Å². The summed E-state index contributed by atoms with van der Waals surface area (Å²) in [5.74, 6) is 0. The largest absolute Gasteiger partial charge is 0.383 e. The maximum absolute atomic E-state index is 5.93. The molecule has 1 atom stereocenters. The van der Waals surface area contributed by atoms with Gasteiger partial charge in [-0.05, 0) is 20.8 Å². The number of morpholine rings is 1. The maximum Gasteiger partial charge on any atom is 0.185 e. The van der Waals surface area contributed by atoms with Crippen LogP contribution in [0.25, 0.3) is 0 Å². The maximum atomic E-state index is 5.93. The van der Waals surface area contributed by atoms with Gasteiger partial charge in [-0.25, -0.2) is 4.98 Å². The molecule has 0 radical (unpaired) electrons. The van der Waals surface area contributed by atoms with E-state index in [2.05, 4.69) is 36.4 Å². The molecule has 1 saturated heterocycles. The third-order valence-corrected chi connectivity index (χ3v) is 4.12. The van der Waals surface area contributed by atoms with Crippen LogP contribution in [0.2, 0.25) is 0 Å². The van der Waals surface area contributed by atoms with Gasteiger partial charge in [0.15, 0.2) is 5.13 Å². The molecule has 114 valence electrons. The standard InChI is InChI=1S/C14H25N3O2S/c1-11-8-17(10-14(2,3)19-11)13-16-12(9-20-13)7-15-5-6-18-4/h9,11,15H,5-8,10H2,1-4H3. The van der Waals surface area contributed by atoms with E-state index in [1.807, 2.05) is 0 Å². The molecule has 1 fully saturated rings. The molecule has 2 rings (SSSR count). The van der Waals surface area contributed by atoms with Crippen molar-refractivity contribution in [3.63, 3.8) is 0 Å². The monoisotopic (exact) mass is 299 g/mol. The van der Waals surface area contributed by atoms with Gasteiger partial charge in [0, 0.05) is 38.7 Å². The predicted molar refractivity (Wildman–Crippen MR) is 82.5 cm³/mol. The molecule has 1 aliphatic heterocycles. The SMILES string of the molecule is COCCNCc1csc(N2CC(C)OC(C)(C)C2)n1. The fourth-order valence-corrected chi connectivity index (χ4v) is 3.35. The zero-order chi connectivity index (χ0) is 14.6. The smallest absolute Gasteiger partial charge is 0.185 e. The number of thiazole rings is 1. The molecular weight excluding hydrogens is 274 g/mol. The van der Waals surface area contributed by atoms with Gasteiger partial charge < -0.3 is 19.7 Å². The summed E-state index contributed by atoms with van der Waals surface area (Å²) >= 11 is 1.71. The van der Waals surface area contributed by atoms with Crippen LogP contribution in [0.3, 0.4) is 0 Å². The van der Waals surface area contributed by atoms with Gasteiger partial charge in [-0.3, -0.25) is 0 Å². The van der Waals surface area contributed by atoms with Gasteiger partial charge in [0.1, 0.15) is 0 Å². The van der Waals surface area contributed by atoms with Crippen LogP contribution < -0.4 is 10.2 Å². The fraction of sp³-hybridized carbons (Fsp3) is 0.786. The van der Waals surface area contributed by atoms with E-state index in [1.165, 1.54) is 0 Å². The Balaban J connectivity index is 1.91. The Kier molecular flexibility index (Phi) is 5.37. The predicted octanol–water partition coefficient (Wildman–Crippen LogP) is 1.88. The molecule has 0 amide bonds. The summed E-state index contributed by atoms with van der Waals surface area (Å²) in [6, 6.07) is 0. The Morgan fingerprint density at radius 3 is 3.10 bits per heavy atom. The first-order chi connectivity index (χ1) is 9.50. The van der Waals surface area contributed by atoms with E-state index >= 15 is 0 Å². The molecule has 6 heteroatoms. The summed E-state index contributed by atoms with van der Waals surface area (Å²) in [6.07, 6.45) is 0.242. The summed E-state index contributed by atoms with van der Waals surface area (Å²) in [5, 5.41) is 6.54. The number of hydrogen-bond donors (Lipinski definition) is 1. The summed E-state index contributed by atoms with van der Waals surface area (Å²) in [4.78, 5) is 7.05. The van der Waals surface area contributed by atoms with Gasteiger partial charge in [-0.15, -0.1) is 11.3 Å². The molecule has 1 unspecified atom stereocenters. The lowest BCUT2D eigenvalue weighted by molar-refractivity contribution is -0.0749. The highest BCUT2D eigenvalue weighted by Crippen LogP contribution is 2.28. The number of nitrogens with zero attached hydrogens (tertiary/aromatic N) is 2. The van der Waals surface area contributed by atoms with Crippen LogP contribution in [-0.4, -0.2) is 50.0 Å². The molecule has 0 bridgehead atoms. The second-order valence-electron chi connectivity index (χ2n) is 5.86. The Bertz CT molecular complexity index is 422. The lowest BCUT2D eigenvalue weighted by atomic mass is 10.1. The van der Waals surface area contributed by atoms with Crippen LogP contribution in [0.1, 0.15) is 26.5 Å². The highest BCUT2D eigenvalue weighted by Gasteiger charge is 2.32. The van der Waals surface area contributed by atoms with Gasteiger partial charge >= 0.3 is 0 Å². The molecule has 1 N–H and O–H groups in total. The first-order valence-electron chi connectivity index (χ1n) is 7.07. The molecule has 0 saturated carbocycles. The molecule has 5 nitrogen and oxygen atoms in total. The normalized spacial score (nSPS) is 22.2. The lowest BCUT2D eigenvalue weighted by Gasteiger charge is -2.41. The van der Waals surface area contributed by atoms with Crippen LogP contribution >= 0.6 is 11.3 Å². The lowest BCUT2D eigenvalue weighted by Crippen LogP contribution is -2.52.